The summed E-state index contributed by atoms with van der Waals surface area (Å²) in [7, 11) is 0. The van der Waals surface area contributed by atoms with Crippen molar-refractivity contribution in [3.63, 3.8) is 0 Å². The van der Waals surface area contributed by atoms with E-state index in [0.29, 0.717) is 19.6 Å². The standard InChI is InChI=1S/C11H13BrF2O/c12-11(13,14)7-4-8-15-9-10-5-2-1-3-6-10/h1-3,5-6H,4,7-9H2. The number of alkyl halides is 3. The van der Waals surface area contributed by atoms with Gasteiger partial charge in [0, 0.05) is 13.0 Å². The van der Waals surface area contributed by atoms with Crippen molar-refractivity contribution in [2.75, 3.05) is 6.61 Å². The molecule has 1 aromatic carbocycles. The predicted molar refractivity (Wildman–Crippen MR) is 59.2 cm³/mol. The van der Waals surface area contributed by atoms with Crippen LogP contribution in [0.25, 0.3) is 0 Å². The number of hydrogen-bond donors (Lipinski definition) is 0. The van der Waals surface area contributed by atoms with Gasteiger partial charge in [0.2, 0.25) is 0 Å². The molecule has 0 aromatic heterocycles. The van der Waals surface area contributed by atoms with Gasteiger partial charge in [-0.15, -0.1) is 0 Å². The Balaban J connectivity index is 2.08. The van der Waals surface area contributed by atoms with Crippen LogP contribution in [0.3, 0.4) is 0 Å². The summed E-state index contributed by atoms with van der Waals surface area (Å²) in [6, 6.07) is 9.66. The van der Waals surface area contributed by atoms with Crippen LogP contribution in [0.2, 0.25) is 0 Å². The second-order valence-electron chi connectivity index (χ2n) is 3.26. The van der Waals surface area contributed by atoms with E-state index in [-0.39, 0.29) is 6.42 Å². The molecule has 0 radical (unpaired) electrons. The predicted octanol–water partition coefficient (Wildman–Crippen LogP) is 3.97. The number of rotatable bonds is 6. The van der Waals surface area contributed by atoms with Crippen molar-refractivity contribution in [3.8, 4) is 0 Å². The van der Waals surface area contributed by atoms with Crippen LogP contribution in [0.4, 0.5) is 8.78 Å². The van der Waals surface area contributed by atoms with Gasteiger partial charge in [-0.2, -0.15) is 8.78 Å². The first-order valence-electron chi connectivity index (χ1n) is 4.76. The zero-order valence-corrected chi connectivity index (χ0v) is 9.84. The molecule has 15 heavy (non-hydrogen) atoms. The monoisotopic (exact) mass is 278 g/mol. The Morgan fingerprint density at radius 3 is 2.47 bits per heavy atom. The van der Waals surface area contributed by atoms with Gasteiger partial charge in [-0.3, -0.25) is 0 Å². The van der Waals surface area contributed by atoms with Gasteiger partial charge < -0.3 is 4.74 Å². The Bertz CT molecular complexity index is 272. The molecule has 0 aliphatic heterocycles. The fourth-order valence-electron chi connectivity index (χ4n) is 1.14. The first kappa shape index (κ1) is 12.6. The molecule has 0 unspecified atom stereocenters. The van der Waals surface area contributed by atoms with E-state index in [2.05, 4.69) is 15.9 Å². The second-order valence-corrected chi connectivity index (χ2v) is 4.42. The number of ether oxygens (including phenoxy) is 1. The van der Waals surface area contributed by atoms with Gasteiger partial charge >= 0.3 is 4.83 Å². The highest BCUT2D eigenvalue weighted by Gasteiger charge is 2.22. The van der Waals surface area contributed by atoms with E-state index in [1.165, 1.54) is 0 Å². The fourth-order valence-corrected chi connectivity index (χ4v) is 1.42. The summed E-state index contributed by atoms with van der Waals surface area (Å²) in [6.07, 6.45) is 0.160. The maximum atomic E-state index is 12.3. The quantitative estimate of drug-likeness (QED) is 0.565. The third kappa shape index (κ3) is 6.57. The van der Waals surface area contributed by atoms with Gasteiger partial charge in [0.1, 0.15) is 0 Å². The first-order chi connectivity index (χ1) is 7.08. The topological polar surface area (TPSA) is 9.23 Å². The normalized spacial score (nSPS) is 11.7. The van der Waals surface area contributed by atoms with Crippen LogP contribution >= 0.6 is 15.9 Å². The van der Waals surface area contributed by atoms with E-state index >= 15 is 0 Å². The van der Waals surface area contributed by atoms with E-state index in [1.54, 1.807) is 0 Å². The fraction of sp³-hybridized carbons (Fsp3) is 0.455. The summed E-state index contributed by atoms with van der Waals surface area (Å²) in [5.74, 6) is 0. The van der Waals surface area contributed by atoms with Crippen molar-refractivity contribution in [2.24, 2.45) is 0 Å². The average Bonchev–Trinajstić information content (AvgIpc) is 2.17. The van der Waals surface area contributed by atoms with E-state index in [1.807, 2.05) is 30.3 Å². The largest absolute Gasteiger partial charge is 0.377 e. The summed E-state index contributed by atoms with van der Waals surface area (Å²) < 4.78 is 29.9. The van der Waals surface area contributed by atoms with E-state index in [4.69, 9.17) is 4.74 Å². The smallest absolute Gasteiger partial charge is 0.301 e. The molecule has 0 aliphatic rings. The number of benzene rings is 1. The molecular weight excluding hydrogens is 266 g/mol. The Labute approximate surface area is 96.6 Å². The summed E-state index contributed by atoms with van der Waals surface area (Å²) >= 11 is 2.29. The van der Waals surface area contributed by atoms with E-state index in [0.717, 1.165) is 5.56 Å². The Kier molecular flexibility index (Phi) is 5.19. The minimum Gasteiger partial charge on any atom is -0.377 e. The van der Waals surface area contributed by atoms with Gasteiger partial charge in [0.15, 0.2) is 0 Å². The Morgan fingerprint density at radius 1 is 1.20 bits per heavy atom. The molecule has 0 N–H and O–H groups in total. The maximum Gasteiger partial charge on any atom is 0.301 e. The molecule has 0 saturated heterocycles. The molecule has 0 amide bonds. The Morgan fingerprint density at radius 2 is 1.87 bits per heavy atom. The molecule has 1 aromatic rings. The number of halogens is 3. The van der Waals surface area contributed by atoms with Crippen molar-refractivity contribution in [3.05, 3.63) is 35.9 Å². The summed E-state index contributed by atoms with van der Waals surface area (Å²) in [6.45, 7) is 0.838. The molecule has 0 atom stereocenters. The van der Waals surface area contributed by atoms with Gasteiger partial charge in [-0.1, -0.05) is 30.3 Å². The molecule has 0 saturated carbocycles. The minimum absolute atomic E-state index is 0.193. The van der Waals surface area contributed by atoms with Crippen LogP contribution in [0.1, 0.15) is 18.4 Å². The van der Waals surface area contributed by atoms with Gasteiger partial charge in [0.25, 0.3) is 0 Å². The van der Waals surface area contributed by atoms with Crippen LogP contribution in [0.15, 0.2) is 30.3 Å². The lowest BCUT2D eigenvalue weighted by molar-refractivity contribution is 0.0705. The van der Waals surface area contributed by atoms with Gasteiger partial charge in [-0.25, -0.2) is 0 Å². The van der Waals surface area contributed by atoms with Crippen molar-refractivity contribution in [2.45, 2.75) is 24.3 Å². The molecule has 0 heterocycles. The van der Waals surface area contributed by atoms with Crippen molar-refractivity contribution >= 4 is 15.9 Å². The summed E-state index contributed by atoms with van der Waals surface area (Å²) in [5.41, 5.74) is 1.06. The maximum absolute atomic E-state index is 12.3. The highest BCUT2D eigenvalue weighted by atomic mass is 79.9. The zero-order valence-electron chi connectivity index (χ0n) is 8.26. The Hall–Kier alpha value is -0.480. The van der Waals surface area contributed by atoms with E-state index in [9.17, 15) is 8.78 Å². The lowest BCUT2D eigenvalue weighted by Gasteiger charge is -2.08. The highest BCUT2D eigenvalue weighted by Crippen LogP contribution is 2.27. The second kappa shape index (κ2) is 6.18. The molecular formula is C11H13BrF2O. The molecule has 0 aliphatic carbocycles. The highest BCUT2D eigenvalue weighted by molar-refractivity contribution is 9.09. The molecule has 0 fully saturated rings. The van der Waals surface area contributed by atoms with Crippen molar-refractivity contribution < 1.29 is 13.5 Å². The molecule has 0 bridgehead atoms. The lowest BCUT2D eigenvalue weighted by atomic mass is 10.2. The lowest BCUT2D eigenvalue weighted by Crippen LogP contribution is -2.06. The third-order valence-corrected chi connectivity index (χ3v) is 2.26. The van der Waals surface area contributed by atoms with Crippen molar-refractivity contribution in [1.29, 1.82) is 0 Å². The van der Waals surface area contributed by atoms with Crippen LogP contribution in [-0.4, -0.2) is 11.4 Å². The molecule has 1 rings (SSSR count). The minimum atomic E-state index is -2.76. The van der Waals surface area contributed by atoms with Gasteiger partial charge in [0.05, 0.1) is 6.61 Å². The first-order valence-corrected chi connectivity index (χ1v) is 5.56. The van der Waals surface area contributed by atoms with Crippen LogP contribution in [-0.2, 0) is 11.3 Å². The van der Waals surface area contributed by atoms with Crippen LogP contribution in [0, 0.1) is 0 Å². The summed E-state index contributed by atoms with van der Waals surface area (Å²) in [5, 5.41) is 0. The summed E-state index contributed by atoms with van der Waals surface area (Å²) in [4.78, 5) is -2.76. The van der Waals surface area contributed by atoms with Gasteiger partial charge in [-0.05, 0) is 27.9 Å². The molecule has 84 valence electrons. The molecule has 1 nitrogen and oxygen atoms in total. The SMILES string of the molecule is FC(F)(Br)CCCOCc1ccccc1. The average molecular weight is 279 g/mol. The molecule has 4 heteroatoms. The van der Waals surface area contributed by atoms with E-state index < -0.39 is 4.83 Å². The number of hydrogen-bond acceptors (Lipinski definition) is 1. The molecule has 0 spiro atoms. The van der Waals surface area contributed by atoms with Crippen LogP contribution < -0.4 is 0 Å². The zero-order chi connectivity index (χ0) is 11.1. The van der Waals surface area contributed by atoms with Crippen LogP contribution in [0.5, 0.6) is 0 Å². The van der Waals surface area contributed by atoms with Crippen molar-refractivity contribution in [1.82, 2.24) is 0 Å². The third-order valence-electron chi connectivity index (χ3n) is 1.86.